The molecule has 0 aliphatic carbocycles. The van der Waals surface area contributed by atoms with E-state index in [2.05, 4.69) is 23.3 Å². The molecule has 1 unspecified atom stereocenters. The molecule has 2 aromatic rings. The van der Waals surface area contributed by atoms with Crippen LogP contribution in [0.25, 0.3) is 0 Å². The van der Waals surface area contributed by atoms with E-state index >= 15 is 0 Å². The Morgan fingerprint density at radius 3 is 2.62 bits per heavy atom. The second-order valence-electron chi connectivity index (χ2n) is 5.34. The first kappa shape index (κ1) is 15.6. The van der Waals surface area contributed by atoms with E-state index in [0.29, 0.717) is 6.04 Å². The van der Waals surface area contributed by atoms with Crippen LogP contribution in [0.5, 0.6) is 0 Å². The normalized spacial score (nSPS) is 12.3. The first-order chi connectivity index (χ1) is 10.3. The van der Waals surface area contributed by atoms with Crippen LogP contribution in [-0.4, -0.2) is 17.6 Å². The van der Waals surface area contributed by atoms with Crippen LogP contribution >= 0.6 is 0 Å². The molecule has 0 fully saturated rings. The Morgan fingerprint density at radius 2 is 1.95 bits per heavy atom. The van der Waals surface area contributed by atoms with Crippen LogP contribution < -0.4 is 5.32 Å². The van der Waals surface area contributed by atoms with Gasteiger partial charge in [-0.2, -0.15) is 0 Å². The van der Waals surface area contributed by atoms with Crippen molar-refractivity contribution in [1.29, 1.82) is 0 Å². The lowest BCUT2D eigenvalue weighted by atomic mass is 10.0. The Balaban J connectivity index is 1.92. The molecule has 0 saturated heterocycles. The molecule has 0 spiro atoms. The summed E-state index contributed by atoms with van der Waals surface area (Å²) >= 11 is 0. The van der Waals surface area contributed by atoms with E-state index in [4.69, 9.17) is 0 Å². The maximum atomic E-state index is 13.0. The molecule has 1 atom stereocenters. The highest BCUT2D eigenvalue weighted by Gasteiger charge is 2.09. The molecular weight excluding hydrogens is 263 g/mol. The van der Waals surface area contributed by atoms with Crippen molar-refractivity contribution >= 4 is 0 Å². The van der Waals surface area contributed by atoms with Gasteiger partial charge in [-0.05, 0) is 62.1 Å². The maximum absolute atomic E-state index is 13.0. The van der Waals surface area contributed by atoms with Crippen LogP contribution in [0.4, 0.5) is 4.39 Å². The Kier molecular flexibility index (Phi) is 6.35. The first-order valence-corrected chi connectivity index (χ1v) is 7.65. The first-order valence-electron chi connectivity index (χ1n) is 7.65. The molecular formula is C18H23FN2. The second-order valence-corrected chi connectivity index (χ2v) is 5.34. The van der Waals surface area contributed by atoms with Crippen molar-refractivity contribution in [3.63, 3.8) is 0 Å². The van der Waals surface area contributed by atoms with Gasteiger partial charge in [0, 0.05) is 17.9 Å². The van der Waals surface area contributed by atoms with Gasteiger partial charge in [0.15, 0.2) is 0 Å². The van der Waals surface area contributed by atoms with Gasteiger partial charge in [-0.15, -0.1) is 0 Å². The van der Waals surface area contributed by atoms with Gasteiger partial charge in [0.1, 0.15) is 5.82 Å². The van der Waals surface area contributed by atoms with Crippen LogP contribution in [0, 0.1) is 5.82 Å². The summed E-state index contributed by atoms with van der Waals surface area (Å²) in [5.41, 5.74) is 2.30. The monoisotopic (exact) mass is 286 g/mol. The number of hydrogen-bond donors (Lipinski definition) is 1. The number of rotatable bonds is 8. The van der Waals surface area contributed by atoms with E-state index in [0.717, 1.165) is 37.9 Å². The molecule has 1 N–H and O–H groups in total. The Labute approximate surface area is 126 Å². The fraction of sp³-hybridized carbons (Fsp3) is 0.389. The van der Waals surface area contributed by atoms with Crippen molar-refractivity contribution < 1.29 is 4.39 Å². The highest BCUT2D eigenvalue weighted by atomic mass is 19.1. The standard InChI is InChI=1S/C18H23FN2/c1-2-12-20-18(11-10-17-5-3-4-13-21-17)14-15-6-8-16(19)9-7-15/h3-9,13,18,20H,2,10-12,14H2,1H3. The molecule has 3 heteroatoms. The molecule has 0 saturated carbocycles. The van der Waals surface area contributed by atoms with E-state index in [1.54, 1.807) is 0 Å². The van der Waals surface area contributed by atoms with Gasteiger partial charge >= 0.3 is 0 Å². The lowest BCUT2D eigenvalue weighted by Crippen LogP contribution is -2.32. The minimum absolute atomic E-state index is 0.176. The second kappa shape index (κ2) is 8.53. The number of benzene rings is 1. The Morgan fingerprint density at radius 1 is 1.14 bits per heavy atom. The average molecular weight is 286 g/mol. The summed E-state index contributed by atoms with van der Waals surface area (Å²) in [5, 5.41) is 3.58. The minimum Gasteiger partial charge on any atom is -0.314 e. The van der Waals surface area contributed by atoms with Crippen molar-refractivity contribution in [3.05, 3.63) is 65.7 Å². The topological polar surface area (TPSA) is 24.9 Å². The highest BCUT2D eigenvalue weighted by Crippen LogP contribution is 2.10. The van der Waals surface area contributed by atoms with E-state index in [1.807, 2.05) is 30.5 Å². The summed E-state index contributed by atoms with van der Waals surface area (Å²) in [6.07, 6.45) is 5.87. The number of nitrogens with zero attached hydrogens (tertiary/aromatic N) is 1. The fourth-order valence-electron chi connectivity index (χ4n) is 2.40. The maximum Gasteiger partial charge on any atom is 0.123 e. The number of nitrogens with one attached hydrogen (secondary N) is 1. The van der Waals surface area contributed by atoms with Gasteiger partial charge in [-0.25, -0.2) is 4.39 Å². The third-order valence-electron chi connectivity index (χ3n) is 3.55. The van der Waals surface area contributed by atoms with Crippen LogP contribution in [0.3, 0.4) is 0 Å². The molecule has 0 radical (unpaired) electrons. The molecule has 0 bridgehead atoms. The van der Waals surface area contributed by atoms with E-state index in [9.17, 15) is 4.39 Å². The predicted octanol–water partition coefficient (Wildman–Crippen LogP) is 3.76. The van der Waals surface area contributed by atoms with E-state index < -0.39 is 0 Å². The third kappa shape index (κ3) is 5.64. The average Bonchev–Trinajstić information content (AvgIpc) is 2.53. The quantitative estimate of drug-likeness (QED) is 0.799. The molecule has 21 heavy (non-hydrogen) atoms. The molecule has 1 aromatic heterocycles. The van der Waals surface area contributed by atoms with Crippen molar-refractivity contribution in [1.82, 2.24) is 10.3 Å². The van der Waals surface area contributed by atoms with Crippen LogP contribution in [0.15, 0.2) is 48.7 Å². The summed E-state index contributed by atoms with van der Waals surface area (Å²) in [4.78, 5) is 4.37. The molecule has 1 heterocycles. The smallest absolute Gasteiger partial charge is 0.123 e. The summed E-state index contributed by atoms with van der Waals surface area (Å²) < 4.78 is 13.0. The predicted molar refractivity (Wildman–Crippen MR) is 84.7 cm³/mol. The molecule has 0 aliphatic rings. The zero-order valence-electron chi connectivity index (χ0n) is 12.6. The van der Waals surface area contributed by atoms with Gasteiger partial charge in [-0.1, -0.05) is 25.1 Å². The molecule has 2 nitrogen and oxygen atoms in total. The number of aryl methyl sites for hydroxylation is 1. The Hall–Kier alpha value is -1.74. The summed E-state index contributed by atoms with van der Waals surface area (Å²) in [5.74, 6) is -0.176. The van der Waals surface area contributed by atoms with Crippen LogP contribution in [0.2, 0.25) is 0 Å². The van der Waals surface area contributed by atoms with E-state index in [1.165, 1.54) is 17.7 Å². The zero-order valence-corrected chi connectivity index (χ0v) is 12.6. The summed E-state index contributed by atoms with van der Waals surface area (Å²) in [7, 11) is 0. The van der Waals surface area contributed by atoms with E-state index in [-0.39, 0.29) is 5.82 Å². The number of hydrogen-bond acceptors (Lipinski definition) is 2. The molecule has 0 aliphatic heterocycles. The zero-order chi connectivity index (χ0) is 14.9. The van der Waals surface area contributed by atoms with Gasteiger partial charge in [0.05, 0.1) is 0 Å². The SMILES string of the molecule is CCCNC(CCc1ccccn1)Cc1ccc(F)cc1. The number of halogens is 1. The van der Waals surface area contributed by atoms with Crippen molar-refractivity contribution in [3.8, 4) is 0 Å². The van der Waals surface area contributed by atoms with Crippen molar-refractivity contribution in [2.45, 2.75) is 38.6 Å². The molecule has 112 valence electrons. The third-order valence-corrected chi connectivity index (χ3v) is 3.55. The van der Waals surface area contributed by atoms with Crippen molar-refractivity contribution in [2.75, 3.05) is 6.54 Å². The van der Waals surface area contributed by atoms with Gasteiger partial charge in [-0.3, -0.25) is 4.98 Å². The lowest BCUT2D eigenvalue weighted by Gasteiger charge is -2.18. The summed E-state index contributed by atoms with van der Waals surface area (Å²) in [6, 6.07) is 13.2. The lowest BCUT2D eigenvalue weighted by molar-refractivity contribution is 0.475. The number of pyridine rings is 1. The summed E-state index contributed by atoms with van der Waals surface area (Å²) in [6.45, 7) is 3.18. The molecule has 2 rings (SSSR count). The minimum atomic E-state index is -0.176. The van der Waals surface area contributed by atoms with Crippen molar-refractivity contribution in [2.24, 2.45) is 0 Å². The highest BCUT2D eigenvalue weighted by molar-refractivity contribution is 5.17. The van der Waals surface area contributed by atoms with Crippen LogP contribution in [-0.2, 0) is 12.8 Å². The van der Waals surface area contributed by atoms with Gasteiger partial charge in [0.25, 0.3) is 0 Å². The van der Waals surface area contributed by atoms with Crippen LogP contribution in [0.1, 0.15) is 31.0 Å². The van der Waals surface area contributed by atoms with Gasteiger partial charge in [0.2, 0.25) is 0 Å². The Bertz CT molecular complexity index is 511. The van der Waals surface area contributed by atoms with Gasteiger partial charge < -0.3 is 5.32 Å². The fourth-order valence-corrected chi connectivity index (χ4v) is 2.40. The number of aromatic nitrogens is 1. The molecule has 1 aromatic carbocycles. The largest absolute Gasteiger partial charge is 0.314 e. The molecule has 0 amide bonds.